The van der Waals surface area contributed by atoms with Gasteiger partial charge in [0, 0.05) is 48.0 Å². The third kappa shape index (κ3) is 6.32. The van der Waals surface area contributed by atoms with E-state index < -0.39 is 5.41 Å². The monoisotopic (exact) mass is 909 g/mol. The summed E-state index contributed by atoms with van der Waals surface area (Å²) >= 11 is 1.88. The molecule has 0 unspecified atom stereocenters. The maximum absolute atomic E-state index is 6.13. The third-order valence-electron chi connectivity index (χ3n) is 14.6. The van der Waals surface area contributed by atoms with Crippen LogP contribution in [0.5, 0.6) is 0 Å². The van der Waals surface area contributed by atoms with E-state index in [1.165, 1.54) is 81.4 Å². The molecule has 328 valence electrons. The van der Waals surface area contributed by atoms with Gasteiger partial charge in [-0.15, -0.1) is 11.3 Å². The molecule has 2 heterocycles. The second-order valence-electron chi connectivity index (χ2n) is 18.4. The Bertz CT molecular complexity index is 4070. The van der Waals surface area contributed by atoms with Gasteiger partial charge in [-0.05, 0) is 127 Å². The number of hydrogen-bond donors (Lipinski definition) is 0. The first-order valence-electron chi connectivity index (χ1n) is 24.0. The van der Waals surface area contributed by atoms with Crippen LogP contribution in [0.4, 0.5) is 17.1 Å². The molecule has 1 aliphatic rings. The average Bonchev–Trinajstić information content (AvgIpc) is 4.10. The first kappa shape index (κ1) is 40.3. The molecule has 3 heteroatoms. The normalized spacial score (nSPS) is 12.7. The van der Waals surface area contributed by atoms with E-state index in [-0.39, 0.29) is 0 Å². The predicted molar refractivity (Wildman–Crippen MR) is 295 cm³/mol. The zero-order valence-electron chi connectivity index (χ0n) is 38.1. The lowest BCUT2D eigenvalue weighted by Gasteiger charge is -2.34. The summed E-state index contributed by atoms with van der Waals surface area (Å²) < 4.78 is 8.75. The number of fused-ring (bicyclic) bond motifs is 9. The van der Waals surface area contributed by atoms with Crippen LogP contribution in [-0.2, 0) is 5.41 Å². The predicted octanol–water partition coefficient (Wildman–Crippen LogP) is 18.8. The van der Waals surface area contributed by atoms with Crippen molar-refractivity contribution in [2.75, 3.05) is 4.90 Å². The van der Waals surface area contributed by atoms with Crippen LogP contribution in [0.25, 0.3) is 86.6 Å². The van der Waals surface area contributed by atoms with E-state index in [4.69, 9.17) is 4.42 Å². The van der Waals surface area contributed by atoms with Crippen LogP contribution in [0.3, 0.4) is 0 Å². The number of rotatable bonds is 8. The smallest absolute Gasteiger partial charge is 0.135 e. The van der Waals surface area contributed by atoms with Crippen molar-refractivity contribution in [2.24, 2.45) is 0 Å². The van der Waals surface area contributed by atoms with Gasteiger partial charge in [0.25, 0.3) is 0 Å². The Morgan fingerprint density at radius 1 is 0.314 bits per heavy atom. The molecule has 2 aromatic heterocycles. The van der Waals surface area contributed by atoms with Crippen molar-refractivity contribution in [2.45, 2.75) is 5.41 Å². The highest BCUT2D eigenvalue weighted by Crippen LogP contribution is 2.57. The van der Waals surface area contributed by atoms with Crippen LogP contribution >= 0.6 is 11.3 Å². The molecule has 0 N–H and O–H groups in total. The summed E-state index contributed by atoms with van der Waals surface area (Å²) in [5.74, 6) is 0. The standard InChI is InChI=1S/C67H43NOS/c1-3-16-49(17-4-1)67(50-18-5-2-6-19-50)61-26-10-7-21-55(61)59-43-53(38-39-62(59)67)68(52-20-13-15-48(41-52)54-24-14-25-58-57-23-9-12-28-65(57)70-66(54)58)51-36-33-45(34-37-51)44-29-31-46(32-30-44)47-35-40-64-60(42-47)56-22-8-11-27-63(56)69-64/h1-43H. The van der Waals surface area contributed by atoms with Gasteiger partial charge < -0.3 is 9.32 Å². The fraction of sp³-hybridized carbons (Fsp3) is 0.0149. The number of furan rings is 1. The van der Waals surface area contributed by atoms with Crippen molar-refractivity contribution in [3.05, 3.63) is 283 Å². The van der Waals surface area contributed by atoms with Gasteiger partial charge in [0.2, 0.25) is 0 Å². The van der Waals surface area contributed by atoms with Crippen molar-refractivity contribution in [1.82, 2.24) is 0 Å². The Morgan fingerprint density at radius 2 is 0.871 bits per heavy atom. The van der Waals surface area contributed by atoms with Gasteiger partial charge in [0.15, 0.2) is 0 Å². The van der Waals surface area contributed by atoms with E-state index in [1.807, 2.05) is 23.5 Å². The molecule has 0 spiro atoms. The van der Waals surface area contributed by atoms with E-state index in [2.05, 4.69) is 254 Å². The molecule has 0 saturated heterocycles. The summed E-state index contributed by atoms with van der Waals surface area (Å²) in [6.07, 6.45) is 0. The van der Waals surface area contributed by atoms with Gasteiger partial charge in [0.1, 0.15) is 11.2 Å². The molecule has 11 aromatic carbocycles. The van der Waals surface area contributed by atoms with Crippen molar-refractivity contribution in [1.29, 1.82) is 0 Å². The fourth-order valence-corrected chi connectivity index (χ4v) is 12.6. The van der Waals surface area contributed by atoms with E-state index in [0.717, 1.165) is 44.6 Å². The Hall–Kier alpha value is -8.76. The summed E-state index contributed by atoms with van der Waals surface area (Å²) in [5, 5.41) is 4.89. The molecule has 0 radical (unpaired) electrons. The van der Waals surface area contributed by atoms with Crippen LogP contribution in [0, 0.1) is 0 Å². The van der Waals surface area contributed by atoms with Crippen LogP contribution in [0.2, 0.25) is 0 Å². The number of para-hydroxylation sites is 1. The first-order valence-corrected chi connectivity index (χ1v) is 24.8. The quantitative estimate of drug-likeness (QED) is 0.151. The highest BCUT2D eigenvalue weighted by atomic mass is 32.1. The van der Waals surface area contributed by atoms with Crippen LogP contribution in [0.1, 0.15) is 22.3 Å². The minimum absolute atomic E-state index is 0.474. The summed E-state index contributed by atoms with van der Waals surface area (Å²) in [4.78, 5) is 2.44. The van der Waals surface area contributed by atoms with Gasteiger partial charge in [-0.2, -0.15) is 0 Å². The summed E-state index contributed by atoms with van der Waals surface area (Å²) in [6, 6.07) is 95.6. The second-order valence-corrected chi connectivity index (χ2v) is 19.4. The maximum Gasteiger partial charge on any atom is 0.135 e. The van der Waals surface area contributed by atoms with Crippen molar-refractivity contribution in [3.8, 4) is 44.5 Å². The maximum atomic E-state index is 6.13. The number of benzene rings is 11. The molecule has 0 fully saturated rings. The number of hydrogen-bond acceptors (Lipinski definition) is 3. The van der Waals surface area contributed by atoms with Crippen LogP contribution in [-0.4, -0.2) is 0 Å². The second kappa shape index (κ2) is 16.2. The van der Waals surface area contributed by atoms with Crippen LogP contribution in [0.15, 0.2) is 265 Å². The van der Waals surface area contributed by atoms with Gasteiger partial charge in [-0.3, -0.25) is 0 Å². The molecule has 0 saturated carbocycles. The summed E-state index contributed by atoms with van der Waals surface area (Å²) in [5.41, 5.74) is 19.4. The Labute approximate surface area is 410 Å². The average molecular weight is 910 g/mol. The lowest BCUT2D eigenvalue weighted by Crippen LogP contribution is -2.28. The van der Waals surface area contributed by atoms with Gasteiger partial charge >= 0.3 is 0 Å². The summed E-state index contributed by atoms with van der Waals surface area (Å²) in [6.45, 7) is 0. The zero-order valence-corrected chi connectivity index (χ0v) is 38.9. The molecule has 14 rings (SSSR count). The highest BCUT2D eigenvalue weighted by molar-refractivity contribution is 7.26. The lowest BCUT2D eigenvalue weighted by atomic mass is 9.68. The molecule has 0 atom stereocenters. The molecule has 1 aliphatic carbocycles. The molecular formula is C67H43NOS. The van der Waals surface area contributed by atoms with Gasteiger partial charge in [-0.1, -0.05) is 200 Å². The van der Waals surface area contributed by atoms with Gasteiger partial charge in [0.05, 0.1) is 5.41 Å². The third-order valence-corrected chi connectivity index (χ3v) is 15.8. The number of nitrogens with zero attached hydrogens (tertiary/aromatic N) is 1. The van der Waals surface area contributed by atoms with E-state index in [1.54, 1.807) is 0 Å². The fourth-order valence-electron chi connectivity index (χ4n) is 11.4. The van der Waals surface area contributed by atoms with E-state index in [0.29, 0.717) is 0 Å². The Kier molecular flexibility index (Phi) is 9.33. The molecule has 2 nitrogen and oxygen atoms in total. The van der Waals surface area contributed by atoms with E-state index in [9.17, 15) is 0 Å². The van der Waals surface area contributed by atoms with Crippen molar-refractivity contribution >= 4 is 70.5 Å². The van der Waals surface area contributed by atoms with Crippen molar-refractivity contribution < 1.29 is 4.42 Å². The topological polar surface area (TPSA) is 16.4 Å². The number of anilines is 3. The molecule has 13 aromatic rings. The molecule has 70 heavy (non-hydrogen) atoms. The lowest BCUT2D eigenvalue weighted by molar-refractivity contribution is 0.669. The minimum atomic E-state index is -0.474. The first-order chi connectivity index (χ1) is 34.7. The van der Waals surface area contributed by atoms with E-state index >= 15 is 0 Å². The number of thiophene rings is 1. The Balaban J connectivity index is 0.896. The largest absolute Gasteiger partial charge is 0.456 e. The molecule has 0 bridgehead atoms. The molecule has 0 aliphatic heterocycles. The van der Waals surface area contributed by atoms with Crippen molar-refractivity contribution in [3.63, 3.8) is 0 Å². The molecular weight excluding hydrogens is 867 g/mol. The summed E-state index contributed by atoms with van der Waals surface area (Å²) in [7, 11) is 0. The Morgan fingerprint density at radius 3 is 1.66 bits per heavy atom. The minimum Gasteiger partial charge on any atom is -0.456 e. The van der Waals surface area contributed by atoms with Crippen LogP contribution < -0.4 is 4.90 Å². The molecule has 0 amide bonds. The SMILES string of the molecule is c1ccc(C2(c3ccccc3)c3ccccc3-c3cc(N(c4ccc(-c5ccc(-c6ccc7oc8ccccc8c7c6)cc5)cc4)c4cccc(-c5cccc6c5sc5ccccc56)c4)ccc32)cc1. The van der Waals surface area contributed by atoms with Gasteiger partial charge in [-0.25, -0.2) is 0 Å². The zero-order chi connectivity index (χ0) is 46.2. The highest BCUT2D eigenvalue weighted by Gasteiger charge is 2.46.